The first kappa shape index (κ1) is 26.2. The van der Waals surface area contributed by atoms with Gasteiger partial charge in [-0.3, -0.25) is 4.79 Å². The molecule has 1 fully saturated rings. The van der Waals surface area contributed by atoms with Gasteiger partial charge in [0, 0.05) is 35.2 Å². The smallest absolute Gasteiger partial charge is 0.223 e. The van der Waals surface area contributed by atoms with Crippen molar-refractivity contribution >= 4 is 45.8 Å². The molecule has 2 N–H and O–H groups in total. The van der Waals surface area contributed by atoms with Crippen LogP contribution >= 0.6 is 23.2 Å². The molecule has 3 aromatic rings. The summed E-state index contributed by atoms with van der Waals surface area (Å²) >= 11 is 13.2. The first-order valence-electron chi connectivity index (χ1n) is 11.6. The van der Waals surface area contributed by atoms with E-state index in [4.69, 9.17) is 32.7 Å². The summed E-state index contributed by atoms with van der Waals surface area (Å²) in [5, 5.41) is 15.5. The van der Waals surface area contributed by atoms with Crippen molar-refractivity contribution in [1.82, 2.24) is 9.97 Å². The number of fused-ring (bicyclic) bond motifs is 1. The zero-order valence-corrected chi connectivity index (χ0v) is 22.2. The number of allylic oxidation sites excluding steroid dienone is 1. The van der Waals surface area contributed by atoms with Gasteiger partial charge in [0.15, 0.2) is 5.78 Å². The van der Waals surface area contributed by atoms with E-state index in [0.29, 0.717) is 45.9 Å². The Balaban J connectivity index is 1.62. The van der Waals surface area contributed by atoms with Gasteiger partial charge in [-0.05, 0) is 56.4 Å². The van der Waals surface area contributed by atoms with E-state index in [1.807, 2.05) is 18.2 Å². The van der Waals surface area contributed by atoms with Crippen molar-refractivity contribution in [2.75, 3.05) is 19.5 Å². The van der Waals surface area contributed by atoms with Crippen molar-refractivity contribution in [3.8, 4) is 22.6 Å². The Hall–Kier alpha value is -2.87. The number of carbonyl (C=O) groups excluding carboxylic acids is 1. The van der Waals surface area contributed by atoms with Crippen LogP contribution in [0.2, 0.25) is 10.0 Å². The highest BCUT2D eigenvalue weighted by Crippen LogP contribution is 2.46. The van der Waals surface area contributed by atoms with Gasteiger partial charge < -0.3 is 19.9 Å². The molecule has 1 aliphatic carbocycles. The fourth-order valence-corrected chi connectivity index (χ4v) is 5.70. The van der Waals surface area contributed by atoms with Gasteiger partial charge in [-0.1, -0.05) is 35.8 Å². The second kappa shape index (κ2) is 10.2. The van der Waals surface area contributed by atoms with Crippen LogP contribution in [0.3, 0.4) is 0 Å². The third-order valence-electron chi connectivity index (χ3n) is 6.81. The van der Waals surface area contributed by atoms with Gasteiger partial charge in [0.2, 0.25) is 5.95 Å². The normalized spacial score (nSPS) is 19.8. The molecular weight excluding hydrogens is 501 g/mol. The maximum Gasteiger partial charge on any atom is 0.223 e. The molecule has 2 aromatic carbocycles. The van der Waals surface area contributed by atoms with Gasteiger partial charge in [-0.2, -0.15) is 0 Å². The molecule has 0 spiro atoms. The van der Waals surface area contributed by atoms with E-state index >= 15 is 0 Å². The van der Waals surface area contributed by atoms with E-state index in [1.165, 1.54) is 20.3 Å². The Morgan fingerprint density at radius 2 is 1.83 bits per heavy atom. The fraction of sp³-hybridized carbons (Fsp3) is 0.370. The van der Waals surface area contributed by atoms with Crippen LogP contribution < -0.4 is 14.8 Å². The first-order valence-corrected chi connectivity index (χ1v) is 12.3. The Morgan fingerprint density at radius 1 is 1.17 bits per heavy atom. The molecule has 2 unspecified atom stereocenters. The van der Waals surface area contributed by atoms with Crippen LogP contribution in [0.4, 0.5) is 5.95 Å². The van der Waals surface area contributed by atoms with E-state index < -0.39 is 5.60 Å². The monoisotopic (exact) mass is 529 g/mol. The molecule has 4 rings (SSSR count). The third-order valence-corrected chi connectivity index (χ3v) is 7.56. The predicted octanol–water partition coefficient (Wildman–Crippen LogP) is 5.95. The maximum atomic E-state index is 12.4. The van der Waals surface area contributed by atoms with E-state index in [-0.39, 0.29) is 23.7 Å². The van der Waals surface area contributed by atoms with Gasteiger partial charge in [0.25, 0.3) is 0 Å². The molecule has 0 amide bonds. The molecule has 1 saturated carbocycles. The highest BCUT2D eigenvalue weighted by atomic mass is 35.5. The number of benzene rings is 2. The summed E-state index contributed by atoms with van der Waals surface area (Å²) in [5.74, 6) is 0.844. The summed E-state index contributed by atoms with van der Waals surface area (Å²) in [4.78, 5) is 21.5. The first-order chi connectivity index (χ1) is 17.1. The number of aliphatic hydroxyl groups is 1. The molecular formula is C27H29Cl2N3O4. The number of ether oxygens (including phenoxy) is 2. The number of rotatable bonds is 8. The highest BCUT2D eigenvalue weighted by molar-refractivity contribution is 6.41. The van der Waals surface area contributed by atoms with Crippen LogP contribution in [0.1, 0.15) is 26.7 Å². The molecule has 9 heteroatoms. The molecule has 190 valence electrons. The van der Waals surface area contributed by atoms with E-state index in [2.05, 4.69) is 21.9 Å². The van der Waals surface area contributed by atoms with Crippen LogP contribution in [0.25, 0.3) is 22.0 Å². The lowest BCUT2D eigenvalue weighted by Crippen LogP contribution is -2.36. The number of nitrogens with zero attached hydrogens (tertiary/aromatic N) is 2. The number of hydrogen-bond donors (Lipinski definition) is 2. The average molecular weight is 530 g/mol. The van der Waals surface area contributed by atoms with Crippen molar-refractivity contribution in [2.45, 2.75) is 38.3 Å². The molecule has 1 heterocycles. The SMILES string of the molecule is C=CC(=O)C1C[C@H](Nc2ncc3cc(-c4c(Cl)c(OC)cc(OC)c4Cl)ccc3n2)CC1C(C)(C)O. The number of nitrogens with one attached hydrogen (secondary N) is 1. The van der Waals surface area contributed by atoms with Gasteiger partial charge >= 0.3 is 0 Å². The number of methoxy groups -OCH3 is 2. The Labute approximate surface area is 220 Å². The molecule has 0 saturated heterocycles. The summed E-state index contributed by atoms with van der Waals surface area (Å²) in [6, 6.07) is 7.26. The summed E-state index contributed by atoms with van der Waals surface area (Å²) < 4.78 is 10.8. The molecule has 0 radical (unpaired) electrons. The summed E-state index contributed by atoms with van der Waals surface area (Å²) in [6.07, 6.45) is 4.27. The van der Waals surface area contributed by atoms with Crippen molar-refractivity contribution in [1.29, 1.82) is 0 Å². The highest BCUT2D eigenvalue weighted by Gasteiger charge is 2.44. The second-order valence-corrected chi connectivity index (χ2v) is 10.3. The molecule has 0 bridgehead atoms. The van der Waals surface area contributed by atoms with Gasteiger partial charge in [-0.15, -0.1) is 0 Å². The predicted molar refractivity (Wildman–Crippen MR) is 143 cm³/mol. The van der Waals surface area contributed by atoms with Crippen molar-refractivity contribution < 1.29 is 19.4 Å². The summed E-state index contributed by atoms with van der Waals surface area (Å²) in [6.45, 7) is 7.10. The number of hydrogen-bond acceptors (Lipinski definition) is 7. The molecule has 1 aromatic heterocycles. The Morgan fingerprint density at radius 3 is 2.42 bits per heavy atom. The number of anilines is 1. The zero-order chi connectivity index (χ0) is 26.2. The topological polar surface area (TPSA) is 93.6 Å². The largest absolute Gasteiger partial charge is 0.495 e. The van der Waals surface area contributed by atoms with Gasteiger partial charge in [0.05, 0.1) is 35.4 Å². The minimum atomic E-state index is -0.980. The number of carbonyl (C=O) groups is 1. The quantitative estimate of drug-likeness (QED) is 0.348. The van der Waals surface area contributed by atoms with Crippen molar-refractivity contribution in [3.63, 3.8) is 0 Å². The lowest BCUT2D eigenvalue weighted by molar-refractivity contribution is -0.122. The van der Waals surface area contributed by atoms with Gasteiger partial charge in [-0.25, -0.2) is 9.97 Å². The van der Waals surface area contributed by atoms with Crippen molar-refractivity contribution in [3.05, 3.63) is 53.2 Å². The van der Waals surface area contributed by atoms with Crippen molar-refractivity contribution in [2.24, 2.45) is 11.8 Å². The molecule has 36 heavy (non-hydrogen) atoms. The standard InChI is InChI=1S/C27H29Cl2N3O4/c1-6-20(33)17-10-16(11-18(17)27(2,3)34)31-26-30-13-15-9-14(7-8-19(15)32-26)23-24(28)21(35-4)12-22(36-5)25(23)29/h6-9,12-13,16-18,34H,1,10-11H2,2-5H3,(H,30,31,32)/t16-,17?,18?/m0/s1. The Kier molecular flexibility index (Phi) is 7.46. The number of halogens is 2. The van der Waals surface area contributed by atoms with Gasteiger partial charge in [0.1, 0.15) is 11.5 Å². The summed E-state index contributed by atoms with van der Waals surface area (Å²) in [7, 11) is 3.06. The van der Waals surface area contributed by atoms with Crippen LogP contribution in [-0.2, 0) is 4.79 Å². The van der Waals surface area contributed by atoms with E-state index in [0.717, 1.165) is 16.5 Å². The second-order valence-electron chi connectivity index (χ2n) is 9.54. The van der Waals surface area contributed by atoms with Crippen LogP contribution in [0, 0.1) is 11.8 Å². The molecule has 3 atom stereocenters. The maximum absolute atomic E-state index is 12.4. The average Bonchev–Trinajstić information content (AvgIpc) is 3.28. The Bertz CT molecular complexity index is 1290. The van der Waals surface area contributed by atoms with E-state index in [9.17, 15) is 9.90 Å². The van der Waals surface area contributed by atoms with E-state index in [1.54, 1.807) is 26.1 Å². The lowest BCUT2D eigenvalue weighted by Gasteiger charge is -2.29. The summed E-state index contributed by atoms with van der Waals surface area (Å²) in [5.41, 5.74) is 1.12. The third kappa shape index (κ3) is 5.01. The number of aromatic nitrogens is 2. The lowest BCUT2D eigenvalue weighted by atomic mass is 9.80. The molecule has 1 aliphatic rings. The number of ketones is 1. The van der Waals surface area contributed by atoms with Crippen LogP contribution in [0.15, 0.2) is 43.1 Å². The minimum Gasteiger partial charge on any atom is -0.495 e. The molecule has 0 aliphatic heterocycles. The zero-order valence-electron chi connectivity index (χ0n) is 20.6. The van der Waals surface area contributed by atoms with Crippen LogP contribution in [-0.4, -0.2) is 46.7 Å². The minimum absolute atomic E-state index is 0.0473. The fourth-order valence-electron chi connectivity index (χ4n) is 4.98. The molecule has 7 nitrogen and oxygen atoms in total. The van der Waals surface area contributed by atoms with Crippen LogP contribution in [0.5, 0.6) is 11.5 Å².